The molecule has 2 aromatic carbocycles. The molecule has 1 heterocycles. The lowest BCUT2D eigenvalue weighted by Crippen LogP contribution is -2.53. The predicted molar refractivity (Wildman–Crippen MR) is 101 cm³/mol. The summed E-state index contributed by atoms with van der Waals surface area (Å²) in [5.74, 6) is 0.152. The van der Waals surface area contributed by atoms with E-state index in [-0.39, 0.29) is 18.6 Å². The number of amides is 1. The first kappa shape index (κ1) is 18.6. The molecule has 0 radical (unpaired) electrons. The maximum Gasteiger partial charge on any atom is 0.237 e. The van der Waals surface area contributed by atoms with Crippen molar-refractivity contribution >= 4 is 5.91 Å². The van der Waals surface area contributed by atoms with Crippen LogP contribution in [0.25, 0.3) is 0 Å². The van der Waals surface area contributed by atoms with E-state index < -0.39 is 12.1 Å². The van der Waals surface area contributed by atoms with Crippen molar-refractivity contribution in [3.05, 3.63) is 71.8 Å². The number of aliphatic hydroxyl groups excluding tert-OH is 2. The van der Waals surface area contributed by atoms with Crippen LogP contribution in [-0.4, -0.2) is 41.4 Å². The SMILES string of the molecule is O=C(N[C@H](CO)[C@H](O)c1ccccc1)[C@@H]1C[C@H](c2ccccc2)CCN1. The molecule has 0 saturated carbocycles. The first-order chi connectivity index (χ1) is 12.7. The van der Waals surface area contributed by atoms with Gasteiger partial charge in [0.25, 0.3) is 0 Å². The molecule has 0 bridgehead atoms. The van der Waals surface area contributed by atoms with Crippen molar-refractivity contribution in [1.82, 2.24) is 10.6 Å². The second kappa shape index (κ2) is 8.94. The third-order valence-electron chi connectivity index (χ3n) is 5.04. The van der Waals surface area contributed by atoms with Gasteiger partial charge in [0, 0.05) is 0 Å². The predicted octanol–water partition coefficient (Wildman–Crippen LogP) is 1.73. The summed E-state index contributed by atoms with van der Waals surface area (Å²) in [6.45, 7) is 0.444. The van der Waals surface area contributed by atoms with Gasteiger partial charge in [-0.3, -0.25) is 4.79 Å². The van der Waals surface area contributed by atoms with Crippen LogP contribution in [0.4, 0.5) is 0 Å². The summed E-state index contributed by atoms with van der Waals surface area (Å²) in [4.78, 5) is 12.7. The Morgan fingerprint density at radius 1 is 1.12 bits per heavy atom. The zero-order chi connectivity index (χ0) is 18.4. The molecule has 1 saturated heterocycles. The smallest absolute Gasteiger partial charge is 0.237 e. The van der Waals surface area contributed by atoms with Crippen LogP contribution in [0.15, 0.2) is 60.7 Å². The Morgan fingerprint density at radius 3 is 2.42 bits per heavy atom. The molecule has 0 unspecified atom stereocenters. The Balaban J connectivity index is 1.62. The molecule has 4 atom stereocenters. The van der Waals surface area contributed by atoms with Gasteiger partial charge in [0.15, 0.2) is 0 Å². The fourth-order valence-electron chi connectivity index (χ4n) is 3.54. The zero-order valence-corrected chi connectivity index (χ0v) is 14.7. The first-order valence-electron chi connectivity index (χ1n) is 9.11. The van der Waals surface area contributed by atoms with Gasteiger partial charge in [-0.05, 0) is 36.4 Å². The van der Waals surface area contributed by atoms with Gasteiger partial charge in [-0.15, -0.1) is 0 Å². The normalized spacial score (nSPS) is 22.4. The highest BCUT2D eigenvalue weighted by molar-refractivity contribution is 5.82. The molecule has 3 rings (SSSR count). The minimum absolute atomic E-state index is 0.181. The van der Waals surface area contributed by atoms with Gasteiger partial charge in [0.2, 0.25) is 5.91 Å². The number of piperidine rings is 1. The van der Waals surface area contributed by atoms with Gasteiger partial charge in [0.05, 0.1) is 18.7 Å². The third kappa shape index (κ3) is 4.49. The summed E-state index contributed by atoms with van der Waals surface area (Å²) in [6, 6.07) is 18.2. The summed E-state index contributed by atoms with van der Waals surface area (Å²) < 4.78 is 0. The molecule has 2 aromatic rings. The second-order valence-electron chi connectivity index (χ2n) is 6.79. The van der Waals surface area contributed by atoms with Gasteiger partial charge < -0.3 is 20.8 Å². The quantitative estimate of drug-likeness (QED) is 0.637. The van der Waals surface area contributed by atoms with Crippen molar-refractivity contribution in [1.29, 1.82) is 0 Å². The summed E-state index contributed by atoms with van der Waals surface area (Å²) in [6.07, 6.45) is 0.748. The topological polar surface area (TPSA) is 81.6 Å². The second-order valence-corrected chi connectivity index (χ2v) is 6.79. The van der Waals surface area contributed by atoms with E-state index in [1.165, 1.54) is 5.56 Å². The number of nitrogens with one attached hydrogen (secondary N) is 2. The lowest BCUT2D eigenvalue weighted by atomic mass is 9.86. The Morgan fingerprint density at radius 2 is 1.77 bits per heavy atom. The maximum atomic E-state index is 12.7. The van der Waals surface area contributed by atoms with E-state index in [9.17, 15) is 15.0 Å². The van der Waals surface area contributed by atoms with Crippen LogP contribution in [0.2, 0.25) is 0 Å². The van der Waals surface area contributed by atoms with E-state index in [1.807, 2.05) is 36.4 Å². The zero-order valence-electron chi connectivity index (χ0n) is 14.7. The number of hydrogen-bond acceptors (Lipinski definition) is 4. The van der Waals surface area contributed by atoms with Crippen LogP contribution in [0, 0.1) is 0 Å². The standard InChI is InChI=1S/C21H26N2O3/c24-14-19(20(25)16-9-5-2-6-10-16)23-21(26)18-13-17(11-12-22-18)15-7-3-1-4-8-15/h1-10,17-20,22,24-25H,11-14H2,(H,23,26)/t17-,18+,19-,20-/m1/s1. The number of rotatable bonds is 6. The summed E-state index contributed by atoms with van der Waals surface area (Å²) in [5, 5.41) is 26.2. The Hall–Kier alpha value is -2.21. The molecule has 4 N–H and O–H groups in total. The lowest BCUT2D eigenvalue weighted by molar-refractivity contribution is -0.126. The van der Waals surface area contributed by atoms with E-state index in [2.05, 4.69) is 22.8 Å². The van der Waals surface area contributed by atoms with Crippen molar-refractivity contribution in [2.75, 3.05) is 13.2 Å². The fraction of sp³-hybridized carbons (Fsp3) is 0.381. The molecular formula is C21H26N2O3. The van der Waals surface area contributed by atoms with Crippen LogP contribution in [0.5, 0.6) is 0 Å². The number of carbonyl (C=O) groups is 1. The summed E-state index contributed by atoms with van der Waals surface area (Å²) >= 11 is 0. The van der Waals surface area contributed by atoms with Gasteiger partial charge in [-0.25, -0.2) is 0 Å². The van der Waals surface area contributed by atoms with Gasteiger partial charge in [-0.1, -0.05) is 60.7 Å². The minimum Gasteiger partial charge on any atom is -0.394 e. The van der Waals surface area contributed by atoms with E-state index in [1.54, 1.807) is 12.1 Å². The Kier molecular flexibility index (Phi) is 6.39. The van der Waals surface area contributed by atoms with E-state index in [0.717, 1.165) is 13.0 Å². The average molecular weight is 354 g/mol. The largest absolute Gasteiger partial charge is 0.394 e. The molecule has 1 amide bonds. The van der Waals surface area contributed by atoms with Crippen molar-refractivity contribution < 1.29 is 15.0 Å². The van der Waals surface area contributed by atoms with Crippen molar-refractivity contribution in [2.24, 2.45) is 0 Å². The van der Waals surface area contributed by atoms with E-state index >= 15 is 0 Å². The molecular weight excluding hydrogens is 328 g/mol. The molecule has 5 nitrogen and oxygen atoms in total. The van der Waals surface area contributed by atoms with Crippen molar-refractivity contribution in [3.8, 4) is 0 Å². The Labute approximate surface area is 154 Å². The van der Waals surface area contributed by atoms with E-state index in [0.29, 0.717) is 17.9 Å². The fourth-order valence-corrected chi connectivity index (χ4v) is 3.54. The molecule has 0 aliphatic carbocycles. The third-order valence-corrected chi connectivity index (χ3v) is 5.04. The number of hydrogen-bond donors (Lipinski definition) is 4. The van der Waals surface area contributed by atoms with Crippen LogP contribution in [0.1, 0.15) is 36.0 Å². The molecule has 1 aliphatic heterocycles. The van der Waals surface area contributed by atoms with Crippen molar-refractivity contribution in [3.63, 3.8) is 0 Å². The lowest BCUT2D eigenvalue weighted by Gasteiger charge is -2.31. The molecule has 0 aromatic heterocycles. The molecule has 5 heteroatoms. The average Bonchev–Trinajstić information content (AvgIpc) is 2.72. The van der Waals surface area contributed by atoms with Crippen LogP contribution >= 0.6 is 0 Å². The molecule has 1 aliphatic rings. The van der Waals surface area contributed by atoms with Gasteiger partial charge in [0.1, 0.15) is 6.10 Å². The Bertz CT molecular complexity index is 693. The molecule has 26 heavy (non-hydrogen) atoms. The monoisotopic (exact) mass is 354 g/mol. The number of benzene rings is 2. The van der Waals surface area contributed by atoms with Crippen LogP contribution < -0.4 is 10.6 Å². The van der Waals surface area contributed by atoms with Crippen molar-refractivity contribution in [2.45, 2.75) is 36.9 Å². The first-order valence-corrected chi connectivity index (χ1v) is 9.11. The number of aliphatic hydroxyl groups is 2. The van der Waals surface area contributed by atoms with E-state index in [4.69, 9.17) is 0 Å². The molecule has 138 valence electrons. The minimum atomic E-state index is -0.946. The highest BCUT2D eigenvalue weighted by Crippen LogP contribution is 2.27. The summed E-state index contributed by atoms with van der Waals surface area (Å²) in [5.41, 5.74) is 1.92. The van der Waals surface area contributed by atoms with Gasteiger partial charge >= 0.3 is 0 Å². The number of carbonyl (C=O) groups excluding carboxylic acids is 1. The summed E-state index contributed by atoms with van der Waals surface area (Å²) in [7, 11) is 0. The maximum absolute atomic E-state index is 12.7. The molecule has 0 spiro atoms. The highest BCUT2D eigenvalue weighted by atomic mass is 16.3. The van der Waals surface area contributed by atoms with Gasteiger partial charge in [-0.2, -0.15) is 0 Å². The highest BCUT2D eigenvalue weighted by Gasteiger charge is 2.30. The molecule has 1 fully saturated rings. The van der Waals surface area contributed by atoms with Crippen LogP contribution in [0.3, 0.4) is 0 Å². The van der Waals surface area contributed by atoms with Crippen LogP contribution in [-0.2, 0) is 4.79 Å².